The first kappa shape index (κ1) is 20.5. The zero-order valence-electron chi connectivity index (χ0n) is 17.1. The van der Waals surface area contributed by atoms with Crippen LogP contribution in [0.2, 0.25) is 0 Å². The summed E-state index contributed by atoms with van der Waals surface area (Å²) in [7, 11) is 2.57. The minimum Gasteiger partial charge on any atom is -0.465 e. The molecule has 2 aromatic heterocycles. The van der Waals surface area contributed by atoms with Crippen molar-refractivity contribution >= 4 is 45.0 Å². The summed E-state index contributed by atoms with van der Waals surface area (Å²) >= 11 is 1.57. The molecule has 1 N–H and O–H groups in total. The summed E-state index contributed by atoms with van der Waals surface area (Å²) in [6.45, 7) is 1.82. The van der Waals surface area contributed by atoms with Crippen molar-refractivity contribution in [3.8, 4) is 10.4 Å². The van der Waals surface area contributed by atoms with Crippen molar-refractivity contribution in [2.24, 2.45) is 0 Å². The van der Waals surface area contributed by atoms with Crippen molar-refractivity contribution in [3.63, 3.8) is 0 Å². The number of carbonyl (C=O) groups excluding carboxylic acids is 2. The van der Waals surface area contributed by atoms with Gasteiger partial charge in [0.1, 0.15) is 16.5 Å². The molecule has 0 amide bonds. The Morgan fingerprint density at radius 3 is 2.16 bits per heavy atom. The van der Waals surface area contributed by atoms with Crippen molar-refractivity contribution in [3.05, 3.63) is 71.5 Å². The first-order chi connectivity index (χ1) is 15.0. The average molecular weight is 433 g/mol. The molecule has 2 aromatic carbocycles. The molecule has 8 heteroatoms. The van der Waals surface area contributed by atoms with Crippen LogP contribution >= 0.6 is 11.3 Å². The van der Waals surface area contributed by atoms with Crippen molar-refractivity contribution < 1.29 is 19.1 Å². The van der Waals surface area contributed by atoms with Gasteiger partial charge < -0.3 is 14.8 Å². The van der Waals surface area contributed by atoms with Crippen molar-refractivity contribution in [2.75, 3.05) is 19.5 Å². The Bertz CT molecular complexity index is 1250. The lowest BCUT2D eigenvalue weighted by Gasteiger charge is -2.11. The van der Waals surface area contributed by atoms with Gasteiger partial charge in [-0.05, 0) is 36.8 Å². The highest BCUT2D eigenvalue weighted by atomic mass is 32.1. The predicted molar refractivity (Wildman–Crippen MR) is 120 cm³/mol. The van der Waals surface area contributed by atoms with Crippen molar-refractivity contribution in [1.29, 1.82) is 0 Å². The van der Waals surface area contributed by atoms with Crippen LogP contribution in [0.1, 0.15) is 26.5 Å². The number of aromatic nitrogens is 2. The van der Waals surface area contributed by atoms with Gasteiger partial charge in [-0.1, -0.05) is 30.3 Å². The maximum absolute atomic E-state index is 12.1. The topological polar surface area (TPSA) is 90.4 Å². The van der Waals surface area contributed by atoms with Crippen LogP contribution in [0.5, 0.6) is 0 Å². The Hall–Kier alpha value is -3.78. The number of hydrogen-bond acceptors (Lipinski definition) is 8. The van der Waals surface area contributed by atoms with E-state index in [0.717, 1.165) is 20.7 Å². The molecule has 0 aliphatic rings. The molecule has 0 atom stereocenters. The van der Waals surface area contributed by atoms with E-state index in [0.29, 0.717) is 17.3 Å². The largest absolute Gasteiger partial charge is 0.465 e. The summed E-state index contributed by atoms with van der Waals surface area (Å²) in [5.74, 6) is 0.0759. The summed E-state index contributed by atoms with van der Waals surface area (Å²) in [5.41, 5.74) is 2.06. The summed E-state index contributed by atoms with van der Waals surface area (Å²) < 4.78 is 9.62. The number of aryl methyl sites for hydroxylation is 1. The van der Waals surface area contributed by atoms with Crippen LogP contribution < -0.4 is 5.32 Å². The number of benzene rings is 2. The Morgan fingerprint density at radius 1 is 0.903 bits per heavy atom. The highest BCUT2D eigenvalue weighted by Crippen LogP contribution is 2.36. The van der Waals surface area contributed by atoms with E-state index in [9.17, 15) is 9.59 Å². The minimum absolute atomic E-state index is 0.227. The van der Waals surface area contributed by atoms with Gasteiger partial charge in [0.25, 0.3) is 0 Å². The number of nitrogens with zero attached hydrogens (tertiary/aromatic N) is 2. The normalized spacial score (nSPS) is 10.7. The number of esters is 2. The molecule has 0 unspecified atom stereocenters. The fourth-order valence-electron chi connectivity index (χ4n) is 3.18. The maximum Gasteiger partial charge on any atom is 0.337 e. The Morgan fingerprint density at radius 2 is 1.55 bits per heavy atom. The monoisotopic (exact) mass is 433 g/mol. The maximum atomic E-state index is 12.1. The van der Waals surface area contributed by atoms with E-state index < -0.39 is 11.9 Å². The number of methoxy groups -OCH3 is 2. The van der Waals surface area contributed by atoms with Gasteiger partial charge in [0.05, 0.1) is 30.7 Å². The van der Waals surface area contributed by atoms with E-state index in [1.165, 1.54) is 20.3 Å². The van der Waals surface area contributed by atoms with Gasteiger partial charge in [-0.2, -0.15) is 0 Å². The van der Waals surface area contributed by atoms with Gasteiger partial charge in [0.2, 0.25) is 0 Å². The molecule has 0 fully saturated rings. The highest BCUT2D eigenvalue weighted by molar-refractivity contribution is 7.21. The lowest BCUT2D eigenvalue weighted by Crippen LogP contribution is -2.08. The summed E-state index contributed by atoms with van der Waals surface area (Å²) in [6, 6.07) is 16.7. The number of rotatable bonds is 5. The van der Waals surface area contributed by atoms with E-state index in [1.54, 1.807) is 23.5 Å². The Kier molecular flexibility index (Phi) is 5.64. The number of fused-ring (bicyclic) bond motifs is 1. The van der Waals surface area contributed by atoms with Crippen molar-refractivity contribution in [1.82, 2.24) is 9.97 Å². The fourth-order valence-corrected chi connectivity index (χ4v) is 4.26. The summed E-state index contributed by atoms with van der Waals surface area (Å²) in [5, 5.41) is 4.08. The molecule has 0 bridgehead atoms. The second kappa shape index (κ2) is 8.53. The number of carbonyl (C=O) groups is 2. The minimum atomic E-state index is -0.556. The number of thiophene rings is 1. The van der Waals surface area contributed by atoms with E-state index in [4.69, 9.17) is 9.47 Å². The molecule has 0 saturated carbocycles. The molecule has 31 heavy (non-hydrogen) atoms. The van der Waals surface area contributed by atoms with Crippen LogP contribution in [0.3, 0.4) is 0 Å². The van der Waals surface area contributed by atoms with Gasteiger partial charge in [-0.25, -0.2) is 19.6 Å². The summed E-state index contributed by atoms with van der Waals surface area (Å²) in [4.78, 5) is 35.2. The van der Waals surface area contributed by atoms with Crippen LogP contribution in [0, 0.1) is 6.92 Å². The molecular formula is C23H19N3O4S. The molecule has 4 aromatic rings. The van der Waals surface area contributed by atoms with E-state index in [-0.39, 0.29) is 11.1 Å². The number of nitrogens with one attached hydrogen (secondary N) is 1. The molecule has 0 radical (unpaired) electrons. The Balaban J connectivity index is 1.80. The molecule has 156 valence electrons. The number of anilines is 2. The van der Waals surface area contributed by atoms with Gasteiger partial charge in [0, 0.05) is 10.6 Å². The number of ether oxygens (including phenoxy) is 2. The van der Waals surface area contributed by atoms with Crippen LogP contribution in [-0.4, -0.2) is 36.1 Å². The van der Waals surface area contributed by atoms with Crippen LogP contribution in [0.15, 0.2) is 54.6 Å². The molecule has 0 aliphatic carbocycles. The molecule has 0 spiro atoms. The third kappa shape index (κ3) is 4.24. The second-order valence-electron chi connectivity index (χ2n) is 6.72. The third-order valence-corrected chi connectivity index (χ3v) is 5.68. The molecule has 7 nitrogen and oxygen atoms in total. The summed E-state index contributed by atoms with van der Waals surface area (Å²) in [6.07, 6.45) is 0. The van der Waals surface area contributed by atoms with E-state index >= 15 is 0 Å². The molecule has 4 rings (SSSR count). The first-order valence-corrected chi connectivity index (χ1v) is 10.2. The first-order valence-electron chi connectivity index (χ1n) is 9.41. The average Bonchev–Trinajstić information content (AvgIpc) is 3.22. The van der Waals surface area contributed by atoms with Gasteiger partial charge >= 0.3 is 11.9 Å². The lowest BCUT2D eigenvalue weighted by atomic mass is 10.1. The van der Waals surface area contributed by atoms with E-state index in [1.807, 2.05) is 43.3 Å². The zero-order valence-corrected chi connectivity index (χ0v) is 17.9. The van der Waals surface area contributed by atoms with E-state index in [2.05, 4.69) is 15.3 Å². The standard InChI is InChI=1S/C23H19N3O4S/c1-13-24-20(18-12-19(31-21(18)25-13)14-7-5-4-6-8-14)26-17-10-15(22(27)29-2)9-16(11-17)23(28)30-3/h4-12H,1-3H3,(H,24,25,26). The fraction of sp³-hybridized carbons (Fsp3) is 0.130. The Labute approximate surface area is 182 Å². The highest BCUT2D eigenvalue weighted by Gasteiger charge is 2.16. The predicted octanol–water partition coefficient (Wildman–Crippen LogP) is 4.98. The zero-order chi connectivity index (χ0) is 22.0. The molecule has 0 aliphatic heterocycles. The lowest BCUT2D eigenvalue weighted by molar-refractivity contribution is 0.0599. The van der Waals surface area contributed by atoms with Crippen LogP contribution in [0.4, 0.5) is 11.5 Å². The molecular weight excluding hydrogens is 414 g/mol. The van der Waals surface area contributed by atoms with Crippen LogP contribution in [0.25, 0.3) is 20.7 Å². The second-order valence-corrected chi connectivity index (χ2v) is 7.75. The molecule has 0 saturated heterocycles. The molecule has 2 heterocycles. The van der Waals surface area contributed by atoms with Gasteiger partial charge in [0.15, 0.2) is 0 Å². The van der Waals surface area contributed by atoms with Crippen LogP contribution in [-0.2, 0) is 9.47 Å². The quantitative estimate of drug-likeness (QED) is 0.444. The van der Waals surface area contributed by atoms with Gasteiger partial charge in [-0.3, -0.25) is 0 Å². The van der Waals surface area contributed by atoms with Crippen molar-refractivity contribution in [2.45, 2.75) is 6.92 Å². The number of hydrogen-bond donors (Lipinski definition) is 1. The van der Waals surface area contributed by atoms with Gasteiger partial charge in [-0.15, -0.1) is 11.3 Å². The smallest absolute Gasteiger partial charge is 0.337 e. The SMILES string of the molecule is COC(=O)c1cc(Nc2nc(C)nc3sc(-c4ccccc4)cc23)cc(C(=O)OC)c1. The third-order valence-electron chi connectivity index (χ3n) is 4.60.